The fourth-order valence-electron chi connectivity index (χ4n) is 1.28. The summed E-state index contributed by atoms with van der Waals surface area (Å²) in [6.45, 7) is 3.31. The highest BCUT2D eigenvalue weighted by atomic mass is 35.6. The van der Waals surface area contributed by atoms with Gasteiger partial charge >= 0.3 is 0 Å². The van der Waals surface area contributed by atoms with Crippen LogP contribution in [0.25, 0.3) is 0 Å². The number of benzene rings is 1. The van der Waals surface area contributed by atoms with Crippen LogP contribution in [0, 0.1) is 0 Å². The van der Waals surface area contributed by atoms with Crippen LogP contribution in [0.1, 0.15) is 0 Å². The predicted octanol–water partition coefficient (Wildman–Crippen LogP) is 4.28. The topological polar surface area (TPSA) is 53.2 Å². The lowest BCUT2D eigenvalue weighted by atomic mass is 10.3. The van der Waals surface area contributed by atoms with Crippen molar-refractivity contribution in [1.29, 1.82) is 0 Å². The lowest BCUT2D eigenvalue weighted by Gasteiger charge is -2.27. The molecule has 0 bridgehead atoms. The molecule has 1 aromatic carbocycles. The molecule has 0 unspecified atom stereocenters. The van der Waals surface area contributed by atoms with Crippen molar-refractivity contribution in [3.8, 4) is 0 Å². The third-order valence-corrected chi connectivity index (χ3v) is 3.69. The summed E-state index contributed by atoms with van der Waals surface area (Å²) < 4.78 is -1.84. The molecule has 0 fully saturated rings. The normalized spacial score (nSPS) is 12.2. The minimum absolute atomic E-state index is 0.0739. The van der Waals surface area contributed by atoms with Crippen LogP contribution in [0.2, 0.25) is 10.0 Å². The van der Waals surface area contributed by atoms with Gasteiger partial charge in [0, 0.05) is 5.02 Å². The van der Waals surface area contributed by atoms with Crippen molar-refractivity contribution in [3.63, 3.8) is 0 Å². The monoisotopic (exact) mass is 419 g/mol. The first-order valence-electron chi connectivity index (χ1n) is 5.65. The molecule has 1 aromatic rings. The van der Waals surface area contributed by atoms with E-state index in [-0.39, 0.29) is 5.11 Å². The highest BCUT2D eigenvalue weighted by Crippen LogP contribution is 2.29. The maximum Gasteiger partial charge on any atom is 0.245 e. The number of nitrogens with one attached hydrogen (secondary N) is 3. The summed E-state index contributed by atoms with van der Waals surface area (Å²) in [6, 6.07) is 4.80. The second-order valence-corrected chi connectivity index (χ2v) is 7.53. The summed E-state index contributed by atoms with van der Waals surface area (Å²) >= 11 is 34.3. The Hall–Kier alpha value is -0.430. The van der Waals surface area contributed by atoms with Crippen LogP contribution in [0.4, 0.5) is 5.69 Å². The molecule has 0 spiro atoms. The maximum atomic E-state index is 11.4. The van der Waals surface area contributed by atoms with Gasteiger partial charge in [-0.15, -0.1) is 0 Å². The molecule has 0 aliphatic heterocycles. The van der Waals surface area contributed by atoms with Crippen LogP contribution in [0.15, 0.2) is 30.9 Å². The molecule has 10 heteroatoms. The Labute approximate surface area is 158 Å². The van der Waals surface area contributed by atoms with Gasteiger partial charge in [0.15, 0.2) is 5.11 Å². The number of anilines is 1. The Kier molecular flexibility index (Phi) is 7.52. The van der Waals surface area contributed by atoms with Crippen LogP contribution >= 0.6 is 70.2 Å². The van der Waals surface area contributed by atoms with Crippen molar-refractivity contribution in [2.45, 2.75) is 9.96 Å². The summed E-state index contributed by atoms with van der Waals surface area (Å²) in [7, 11) is 0. The van der Waals surface area contributed by atoms with Crippen molar-refractivity contribution < 1.29 is 4.79 Å². The third kappa shape index (κ3) is 6.36. The van der Waals surface area contributed by atoms with Crippen LogP contribution in [0.5, 0.6) is 0 Å². The molecule has 1 amide bonds. The van der Waals surface area contributed by atoms with Gasteiger partial charge in [-0.2, -0.15) is 0 Å². The van der Waals surface area contributed by atoms with Gasteiger partial charge in [-0.05, 0) is 36.5 Å². The summed E-state index contributed by atoms with van der Waals surface area (Å²) in [5.41, 5.74) is 0.463. The zero-order chi connectivity index (χ0) is 16.9. The lowest BCUT2D eigenvalue weighted by molar-refractivity contribution is -0.117. The van der Waals surface area contributed by atoms with Crippen molar-refractivity contribution in [2.75, 3.05) is 5.32 Å². The molecule has 0 aromatic heterocycles. The Balaban J connectivity index is 2.81. The Bertz CT molecular complexity index is 591. The van der Waals surface area contributed by atoms with Gasteiger partial charge < -0.3 is 16.0 Å². The summed E-state index contributed by atoms with van der Waals surface area (Å²) in [4.78, 5) is 11.4. The van der Waals surface area contributed by atoms with Gasteiger partial charge in [-0.3, -0.25) is 4.79 Å². The van der Waals surface area contributed by atoms with Gasteiger partial charge in [0.25, 0.3) is 0 Å². The first-order chi connectivity index (χ1) is 10.1. The molecule has 0 aliphatic rings. The number of carbonyl (C=O) groups is 1. The molecular formula is C12H10Cl5N3OS. The molecule has 0 saturated carbocycles. The largest absolute Gasteiger partial charge is 0.339 e. The summed E-state index contributed by atoms with van der Waals surface area (Å²) in [5.74, 6) is -0.535. The highest BCUT2D eigenvalue weighted by Gasteiger charge is 2.34. The molecule has 120 valence electrons. The maximum absolute atomic E-state index is 11.4. The first-order valence-corrected chi connectivity index (χ1v) is 7.95. The summed E-state index contributed by atoms with van der Waals surface area (Å²) in [5, 5.41) is 8.79. The van der Waals surface area contributed by atoms with E-state index in [1.54, 1.807) is 18.2 Å². The molecule has 0 saturated heterocycles. The fraction of sp³-hybridized carbons (Fsp3) is 0.167. The predicted molar refractivity (Wildman–Crippen MR) is 98.2 cm³/mol. The van der Waals surface area contributed by atoms with E-state index in [1.165, 1.54) is 0 Å². The Morgan fingerprint density at radius 1 is 1.27 bits per heavy atom. The Morgan fingerprint density at radius 3 is 2.45 bits per heavy atom. The molecule has 1 atom stereocenters. The van der Waals surface area contributed by atoms with Gasteiger partial charge in [0.1, 0.15) is 6.17 Å². The molecule has 0 aliphatic carbocycles. The van der Waals surface area contributed by atoms with E-state index in [2.05, 4.69) is 22.5 Å². The molecule has 22 heavy (non-hydrogen) atoms. The third-order valence-electron chi connectivity index (χ3n) is 2.25. The number of carbonyl (C=O) groups excluding carboxylic acids is 1. The van der Waals surface area contributed by atoms with E-state index in [9.17, 15) is 4.79 Å². The SMILES string of the molecule is C=CC(=O)N[C@H](NC(=S)Nc1cc(Cl)ccc1Cl)C(Cl)(Cl)Cl. The van der Waals surface area contributed by atoms with E-state index < -0.39 is 15.9 Å². The zero-order valence-electron chi connectivity index (χ0n) is 10.8. The quantitative estimate of drug-likeness (QED) is 0.294. The minimum atomic E-state index is -1.84. The number of thiocarbonyl (C=S) groups is 1. The van der Waals surface area contributed by atoms with Gasteiger partial charge in [-0.1, -0.05) is 64.6 Å². The number of rotatable bonds is 4. The van der Waals surface area contributed by atoms with Crippen LogP contribution in [0.3, 0.4) is 0 Å². The van der Waals surface area contributed by atoms with Crippen molar-refractivity contribution in [2.24, 2.45) is 0 Å². The van der Waals surface area contributed by atoms with E-state index in [4.69, 9.17) is 70.2 Å². The van der Waals surface area contributed by atoms with Crippen molar-refractivity contribution in [1.82, 2.24) is 10.6 Å². The van der Waals surface area contributed by atoms with Crippen molar-refractivity contribution >= 4 is 86.9 Å². The standard InChI is InChI=1S/C12H10Cl5N3OS/c1-2-9(21)19-10(12(15,16)17)20-11(22)18-8-5-6(13)3-4-7(8)14/h2-5,10H,1H2,(H,19,21)(H2,18,20,22)/t10-/m1/s1. The van der Waals surface area contributed by atoms with E-state index in [1.807, 2.05) is 0 Å². The number of alkyl halides is 3. The van der Waals surface area contributed by atoms with Crippen LogP contribution in [-0.2, 0) is 4.79 Å². The molecule has 1 rings (SSSR count). The minimum Gasteiger partial charge on any atom is -0.339 e. The highest BCUT2D eigenvalue weighted by molar-refractivity contribution is 7.80. The van der Waals surface area contributed by atoms with E-state index in [0.29, 0.717) is 15.7 Å². The molecule has 0 heterocycles. The number of amides is 1. The average Bonchev–Trinajstić information content (AvgIpc) is 2.41. The van der Waals surface area contributed by atoms with Crippen LogP contribution in [-0.4, -0.2) is 21.0 Å². The molecular weight excluding hydrogens is 411 g/mol. The van der Waals surface area contributed by atoms with Crippen molar-refractivity contribution in [3.05, 3.63) is 40.9 Å². The molecule has 4 nitrogen and oxygen atoms in total. The van der Waals surface area contributed by atoms with E-state index >= 15 is 0 Å². The van der Waals surface area contributed by atoms with Crippen LogP contribution < -0.4 is 16.0 Å². The smallest absolute Gasteiger partial charge is 0.245 e. The zero-order valence-corrected chi connectivity index (χ0v) is 15.4. The van der Waals surface area contributed by atoms with E-state index in [0.717, 1.165) is 6.08 Å². The summed E-state index contributed by atoms with van der Waals surface area (Å²) in [6.07, 6.45) is -0.0453. The van der Waals surface area contributed by atoms with Gasteiger partial charge in [0.05, 0.1) is 10.7 Å². The second kappa shape index (κ2) is 8.43. The molecule has 3 N–H and O–H groups in total. The first kappa shape index (κ1) is 19.6. The molecule has 0 radical (unpaired) electrons. The fourth-order valence-corrected chi connectivity index (χ4v) is 2.18. The van der Waals surface area contributed by atoms with Gasteiger partial charge in [-0.25, -0.2) is 0 Å². The van der Waals surface area contributed by atoms with Gasteiger partial charge in [0.2, 0.25) is 9.70 Å². The number of hydrogen-bond acceptors (Lipinski definition) is 2. The Morgan fingerprint density at radius 2 is 1.91 bits per heavy atom. The number of hydrogen-bond donors (Lipinski definition) is 3. The number of halogens is 5. The average molecular weight is 422 g/mol. The second-order valence-electron chi connectivity index (χ2n) is 3.91. The lowest BCUT2D eigenvalue weighted by Crippen LogP contribution is -2.55.